The summed E-state index contributed by atoms with van der Waals surface area (Å²) in [5.41, 5.74) is 10.6. The highest BCUT2D eigenvalue weighted by atomic mass is 31.2. The molecule has 0 aromatic heterocycles. The van der Waals surface area contributed by atoms with Crippen LogP contribution in [0.3, 0.4) is 0 Å². The average Bonchev–Trinajstić information content (AvgIpc) is 0.977. The second kappa shape index (κ2) is 72.9. The van der Waals surface area contributed by atoms with E-state index >= 15 is 0 Å². The normalized spacial score (nSPS) is 13.8. The van der Waals surface area contributed by atoms with Gasteiger partial charge in [-0.2, -0.15) is 0 Å². The monoisotopic (exact) mass is 1470 g/mol. The number of hydrogen-bond acceptors (Lipinski definition) is 18. The van der Waals surface area contributed by atoms with Crippen molar-refractivity contribution in [1.29, 1.82) is 0 Å². The first-order valence-corrected chi connectivity index (χ1v) is 43.1. The molecule has 0 bridgehead atoms. The molecule has 2 unspecified atom stereocenters. The first kappa shape index (κ1) is 99.0. The number of carbonyl (C=O) groups is 6. The molecule has 0 aliphatic carbocycles. The molecule has 0 amide bonds. The third kappa shape index (κ3) is 73.3. The van der Waals surface area contributed by atoms with Gasteiger partial charge in [0.05, 0.1) is 26.4 Å². The van der Waals surface area contributed by atoms with Gasteiger partial charge in [0, 0.05) is 25.7 Å². The summed E-state index contributed by atoms with van der Waals surface area (Å²) in [6.45, 7) is 5.61. The third-order valence-electron chi connectivity index (χ3n) is 17.7. The van der Waals surface area contributed by atoms with E-state index in [9.17, 15) is 47.7 Å². The number of esters is 4. The molecule has 0 heterocycles. The topological polar surface area (TPSA) is 343 Å². The predicted molar refractivity (Wildman–Crippen MR) is 398 cm³/mol. The summed E-state index contributed by atoms with van der Waals surface area (Å²) in [5, 5.41) is 17.7. The lowest BCUT2D eigenvalue weighted by atomic mass is 10.0. The Hall–Kier alpha value is -3.04. The first-order chi connectivity index (χ1) is 48.2. The van der Waals surface area contributed by atoms with Gasteiger partial charge in [-0.3, -0.25) is 46.9 Å². The van der Waals surface area contributed by atoms with E-state index in [0.717, 1.165) is 77.0 Å². The molecule has 0 aliphatic rings. The van der Waals surface area contributed by atoms with E-state index in [1.807, 2.05) is 0 Å². The van der Waals surface area contributed by atoms with Gasteiger partial charge in [0.1, 0.15) is 25.3 Å². The largest absolute Gasteiger partial charge is 0.480 e. The Balaban J connectivity index is 0. The van der Waals surface area contributed by atoms with Crippen LogP contribution in [-0.4, -0.2) is 120 Å². The molecule has 22 nitrogen and oxygen atoms in total. The zero-order valence-corrected chi connectivity index (χ0v) is 65.3. The van der Waals surface area contributed by atoms with Crippen molar-refractivity contribution >= 4 is 51.5 Å². The number of aliphatic carboxylic acids is 2. The fourth-order valence-electron chi connectivity index (χ4n) is 11.3. The number of ether oxygens (including phenoxy) is 4. The standard InChI is InChI=1S/2C38H74NO10P/c2*1-3-5-7-9-11-13-15-17-19-21-23-25-27-29-36(40)46-31-34(32-47-50(44,45)48-33-35(39)38(42)43)49-37(41)30-28-26-24-22-20-18-16-14-12-10-8-6-4-2/h2*34-35H,3-33,39H2,1-2H3,(H,42,43)(H,44,45)/t2*34-,35+/m11/s1. The molecular formula is C76H148N2O20P2. The minimum absolute atomic E-state index is 0.169. The Morgan fingerprint density at radius 2 is 0.440 bits per heavy atom. The van der Waals surface area contributed by atoms with Crippen molar-refractivity contribution in [3.63, 3.8) is 0 Å². The van der Waals surface area contributed by atoms with Crippen LogP contribution in [0.4, 0.5) is 0 Å². The maximum absolute atomic E-state index is 12.6. The summed E-state index contributed by atoms with van der Waals surface area (Å²) in [4.78, 5) is 91.5. The van der Waals surface area contributed by atoms with Gasteiger partial charge < -0.3 is 50.4 Å². The molecular weight excluding hydrogens is 1320 g/mol. The van der Waals surface area contributed by atoms with E-state index in [4.69, 9.17) is 49.7 Å². The van der Waals surface area contributed by atoms with Crippen LogP contribution >= 0.6 is 15.6 Å². The van der Waals surface area contributed by atoms with Gasteiger partial charge in [-0.25, -0.2) is 9.13 Å². The average molecular weight is 1470 g/mol. The number of phosphoric ester groups is 2. The van der Waals surface area contributed by atoms with Crippen LogP contribution in [-0.2, 0) is 74.9 Å². The highest BCUT2D eigenvalue weighted by molar-refractivity contribution is 7.47. The van der Waals surface area contributed by atoms with Crippen LogP contribution in [0, 0.1) is 0 Å². The zero-order chi connectivity index (χ0) is 74.3. The summed E-state index contributed by atoms with van der Waals surface area (Å²) in [7, 11) is -9.40. The van der Waals surface area contributed by atoms with Crippen molar-refractivity contribution in [2.24, 2.45) is 11.5 Å². The number of carboxylic acid groups (broad SMARTS) is 2. The predicted octanol–water partition coefficient (Wildman–Crippen LogP) is 19.9. The fraction of sp³-hybridized carbons (Fsp3) is 0.921. The lowest BCUT2D eigenvalue weighted by Gasteiger charge is -2.20. The lowest BCUT2D eigenvalue weighted by molar-refractivity contribution is -0.161. The molecule has 8 N–H and O–H groups in total. The van der Waals surface area contributed by atoms with Gasteiger partial charge in [0.25, 0.3) is 0 Å². The number of unbranched alkanes of at least 4 members (excludes halogenated alkanes) is 48. The van der Waals surface area contributed by atoms with Crippen LogP contribution in [0.15, 0.2) is 0 Å². The summed E-state index contributed by atoms with van der Waals surface area (Å²) in [6.07, 6.45) is 60.4. The van der Waals surface area contributed by atoms with E-state index in [0.29, 0.717) is 25.7 Å². The van der Waals surface area contributed by atoms with Crippen LogP contribution in [0.5, 0.6) is 0 Å². The molecule has 0 aromatic carbocycles. The highest BCUT2D eigenvalue weighted by Crippen LogP contribution is 2.44. The smallest absolute Gasteiger partial charge is 0.472 e. The summed E-state index contributed by atoms with van der Waals surface area (Å²) in [5.74, 6) is -4.73. The maximum atomic E-state index is 12.6. The molecule has 0 spiro atoms. The zero-order valence-electron chi connectivity index (χ0n) is 63.5. The van der Waals surface area contributed by atoms with Crippen LogP contribution in [0.1, 0.15) is 387 Å². The maximum Gasteiger partial charge on any atom is 0.472 e. The number of carbonyl (C=O) groups excluding carboxylic acids is 4. The minimum atomic E-state index is -4.70. The Labute approximate surface area is 606 Å². The van der Waals surface area contributed by atoms with Gasteiger partial charge in [0.2, 0.25) is 0 Å². The molecule has 0 aliphatic heterocycles. The Morgan fingerprint density at radius 3 is 0.630 bits per heavy atom. The Bertz CT molecular complexity index is 1890. The summed E-state index contributed by atoms with van der Waals surface area (Å²) in [6, 6.07) is -3.03. The number of carboxylic acids is 2. The van der Waals surface area contributed by atoms with Gasteiger partial charge in [-0.15, -0.1) is 0 Å². The quantitative estimate of drug-likeness (QED) is 0.0143. The number of phosphoric acid groups is 2. The number of nitrogens with two attached hydrogens (primary N) is 2. The van der Waals surface area contributed by atoms with Crippen molar-refractivity contribution in [2.45, 2.75) is 412 Å². The van der Waals surface area contributed by atoms with E-state index in [1.165, 1.54) is 231 Å². The molecule has 0 radical (unpaired) electrons. The van der Waals surface area contributed by atoms with E-state index in [1.54, 1.807) is 0 Å². The second-order valence-corrected chi connectivity index (χ2v) is 30.5. The molecule has 0 saturated carbocycles. The van der Waals surface area contributed by atoms with Gasteiger partial charge in [-0.1, -0.05) is 336 Å². The highest BCUT2D eigenvalue weighted by Gasteiger charge is 2.30. The van der Waals surface area contributed by atoms with Gasteiger partial charge in [-0.05, 0) is 25.7 Å². The third-order valence-corrected chi connectivity index (χ3v) is 19.6. The van der Waals surface area contributed by atoms with Crippen molar-refractivity contribution in [1.82, 2.24) is 0 Å². The van der Waals surface area contributed by atoms with Crippen molar-refractivity contribution in [3.8, 4) is 0 Å². The molecule has 24 heteroatoms. The molecule has 0 fully saturated rings. The van der Waals surface area contributed by atoms with Gasteiger partial charge >= 0.3 is 51.5 Å². The van der Waals surface area contributed by atoms with Crippen molar-refractivity contribution in [3.05, 3.63) is 0 Å². The fourth-order valence-corrected chi connectivity index (χ4v) is 12.9. The summed E-state index contributed by atoms with van der Waals surface area (Å²) >= 11 is 0. The van der Waals surface area contributed by atoms with Crippen LogP contribution in [0.25, 0.3) is 0 Å². The molecule has 0 aromatic rings. The first-order valence-electron chi connectivity index (χ1n) is 40.1. The molecule has 0 rings (SSSR count). The van der Waals surface area contributed by atoms with E-state index in [2.05, 4.69) is 36.7 Å². The van der Waals surface area contributed by atoms with Crippen molar-refractivity contribution in [2.75, 3.05) is 39.6 Å². The molecule has 100 heavy (non-hydrogen) atoms. The molecule has 592 valence electrons. The Kier molecular flexibility index (Phi) is 72.2. The molecule has 0 saturated heterocycles. The Morgan fingerprint density at radius 1 is 0.270 bits per heavy atom. The molecule has 6 atom stereocenters. The SMILES string of the molecule is CCCCCCCCCCCCCCCC(=O)OC[C@H](COP(=O)(O)OC[C@H](N)C(=O)O)OC(=O)CCCCCCCCCCCCCCC.CCCCCCCCCCCCCCCC(=O)OC[C@H](COP(=O)(O)OC[C@H](N)C(=O)O)OC(=O)CCCCCCCCCCCCCCC. The van der Waals surface area contributed by atoms with Crippen molar-refractivity contribution < 1.29 is 94.9 Å². The lowest BCUT2D eigenvalue weighted by Crippen LogP contribution is -2.34. The second-order valence-electron chi connectivity index (χ2n) is 27.6. The number of rotatable bonds is 76. The van der Waals surface area contributed by atoms with Crippen LogP contribution in [0.2, 0.25) is 0 Å². The minimum Gasteiger partial charge on any atom is -0.480 e. The summed E-state index contributed by atoms with van der Waals surface area (Å²) < 4.78 is 65.2. The van der Waals surface area contributed by atoms with Crippen LogP contribution < -0.4 is 11.5 Å². The van der Waals surface area contributed by atoms with E-state index < -0.39 is 102 Å². The van der Waals surface area contributed by atoms with E-state index in [-0.39, 0.29) is 38.9 Å². The van der Waals surface area contributed by atoms with Gasteiger partial charge in [0.15, 0.2) is 12.2 Å². The number of hydrogen-bond donors (Lipinski definition) is 6.